The molecule has 1 aliphatic heterocycles. The predicted octanol–water partition coefficient (Wildman–Crippen LogP) is 4.91. The molecular formula is C24H17F2N5O2. The monoisotopic (exact) mass is 445 g/mol. The van der Waals surface area contributed by atoms with Crippen molar-refractivity contribution < 1.29 is 18.4 Å². The van der Waals surface area contributed by atoms with Gasteiger partial charge in [0.2, 0.25) is 0 Å². The predicted molar refractivity (Wildman–Crippen MR) is 120 cm³/mol. The highest BCUT2D eigenvalue weighted by atomic mass is 19.1. The molecule has 0 bridgehead atoms. The van der Waals surface area contributed by atoms with Gasteiger partial charge in [-0.3, -0.25) is 4.79 Å². The van der Waals surface area contributed by atoms with Crippen molar-refractivity contribution >= 4 is 23.3 Å². The molecule has 164 valence electrons. The summed E-state index contributed by atoms with van der Waals surface area (Å²) in [6, 6.07) is 12.6. The van der Waals surface area contributed by atoms with Crippen LogP contribution >= 0.6 is 0 Å². The number of aromatic amines is 1. The van der Waals surface area contributed by atoms with E-state index < -0.39 is 17.7 Å². The van der Waals surface area contributed by atoms with Gasteiger partial charge in [-0.25, -0.2) is 18.6 Å². The van der Waals surface area contributed by atoms with Gasteiger partial charge in [0.25, 0.3) is 5.91 Å². The summed E-state index contributed by atoms with van der Waals surface area (Å²) in [6.07, 6.45) is 3.26. The van der Waals surface area contributed by atoms with E-state index in [1.165, 1.54) is 36.4 Å². The zero-order valence-electron chi connectivity index (χ0n) is 17.1. The molecule has 0 radical (unpaired) electrons. The Labute approximate surface area is 186 Å². The first-order valence-corrected chi connectivity index (χ1v) is 10.1. The van der Waals surface area contributed by atoms with E-state index in [0.29, 0.717) is 33.6 Å². The molecule has 7 nitrogen and oxygen atoms in total. The van der Waals surface area contributed by atoms with Crippen LogP contribution in [0, 0.1) is 11.6 Å². The normalized spacial score (nSPS) is 12.2. The second-order valence-corrected chi connectivity index (χ2v) is 7.42. The minimum Gasteiger partial charge on any atom is -0.348 e. The summed E-state index contributed by atoms with van der Waals surface area (Å²) >= 11 is 0. The smallest absolute Gasteiger partial charge is 0.323 e. The highest BCUT2D eigenvalue weighted by molar-refractivity contribution is 6.06. The molecule has 1 aliphatic rings. The molecule has 0 atom stereocenters. The quantitative estimate of drug-likeness (QED) is 0.359. The van der Waals surface area contributed by atoms with Crippen molar-refractivity contribution in [3.63, 3.8) is 0 Å². The summed E-state index contributed by atoms with van der Waals surface area (Å²) in [6.45, 7) is 0.271. The number of halogens is 2. The number of hydrogen-bond acceptors (Lipinski definition) is 3. The minimum atomic E-state index is -0.633. The Bertz CT molecular complexity index is 1390. The van der Waals surface area contributed by atoms with Crippen LogP contribution in [0.4, 0.5) is 25.0 Å². The van der Waals surface area contributed by atoms with E-state index in [2.05, 4.69) is 25.9 Å². The molecule has 4 N–H and O–H groups in total. The SMILES string of the molecule is O=C(Nc1cccc(F)c1)Nc1ccc(-c2ccc(-c3ncc[nH]3)c3c2CNC3=O)c(F)c1. The summed E-state index contributed by atoms with van der Waals surface area (Å²) in [5.41, 5.74) is 3.14. The number of carbonyl (C=O) groups excluding carboxylic acids is 2. The Hall–Kier alpha value is -4.53. The van der Waals surface area contributed by atoms with Crippen molar-refractivity contribution in [3.05, 3.63) is 89.8 Å². The molecule has 4 aromatic rings. The average molecular weight is 445 g/mol. The van der Waals surface area contributed by atoms with Gasteiger partial charge in [0.1, 0.15) is 17.5 Å². The lowest BCUT2D eigenvalue weighted by molar-refractivity contribution is 0.0966. The number of hydrogen-bond donors (Lipinski definition) is 4. The highest BCUT2D eigenvalue weighted by Crippen LogP contribution is 2.36. The summed E-state index contributed by atoms with van der Waals surface area (Å²) < 4.78 is 28.3. The third-order valence-corrected chi connectivity index (χ3v) is 5.32. The first-order chi connectivity index (χ1) is 16.0. The number of nitrogens with zero attached hydrogens (tertiary/aromatic N) is 1. The summed E-state index contributed by atoms with van der Waals surface area (Å²) in [4.78, 5) is 31.9. The molecular weight excluding hydrogens is 428 g/mol. The van der Waals surface area contributed by atoms with Crippen LogP contribution in [0.2, 0.25) is 0 Å². The molecule has 3 aromatic carbocycles. The zero-order valence-corrected chi connectivity index (χ0v) is 17.1. The van der Waals surface area contributed by atoms with Crippen molar-refractivity contribution in [1.29, 1.82) is 0 Å². The van der Waals surface area contributed by atoms with Gasteiger partial charge in [-0.15, -0.1) is 0 Å². The van der Waals surface area contributed by atoms with Crippen molar-refractivity contribution in [1.82, 2.24) is 15.3 Å². The molecule has 0 saturated heterocycles. The summed E-state index contributed by atoms with van der Waals surface area (Å²) in [7, 11) is 0. The van der Waals surface area contributed by atoms with Gasteiger partial charge in [0.05, 0.1) is 5.56 Å². The number of amides is 3. The second-order valence-electron chi connectivity index (χ2n) is 7.42. The Morgan fingerprint density at radius 1 is 0.939 bits per heavy atom. The maximum atomic E-state index is 15.1. The van der Waals surface area contributed by atoms with E-state index in [1.54, 1.807) is 30.6 Å². The largest absolute Gasteiger partial charge is 0.348 e. The summed E-state index contributed by atoms with van der Waals surface area (Å²) in [5.74, 6) is -0.738. The topological polar surface area (TPSA) is 98.9 Å². The van der Waals surface area contributed by atoms with Gasteiger partial charge in [0, 0.05) is 41.4 Å². The van der Waals surface area contributed by atoms with Crippen LogP contribution in [0.3, 0.4) is 0 Å². The van der Waals surface area contributed by atoms with Crippen molar-refractivity contribution in [2.45, 2.75) is 6.54 Å². The van der Waals surface area contributed by atoms with Gasteiger partial charge in [-0.05, 0) is 53.6 Å². The number of carbonyl (C=O) groups is 2. The van der Waals surface area contributed by atoms with Gasteiger partial charge >= 0.3 is 6.03 Å². The third kappa shape index (κ3) is 3.91. The lowest BCUT2D eigenvalue weighted by Gasteiger charge is -2.13. The minimum absolute atomic E-state index is 0.225. The third-order valence-electron chi connectivity index (χ3n) is 5.32. The molecule has 0 saturated carbocycles. The number of imidazole rings is 1. The molecule has 0 unspecified atom stereocenters. The zero-order chi connectivity index (χ0) is 22.9. The summed E-state index contributed by atoms with van der Waals surface area (Å²) in [5, 5.41) is 7.80. The number of anilines is 2. The number of aromatic nitrogens is 2. The molecule has 5 rings (SSSR count). The number of nitrogens with one attached hydrogen (secondary N) is 4. The second kappa shape index (κ2) is 8.19. The highest BCUT2D eigenvalue weighted by Gasteiger charge is 2.28. The lowest BCUT2D eigenvalue weighted by Crippen LogP contribution is -2.19. The van der Waals surface area contributed by atoms with Crippen LogP contribution in [-0.2, 0) is 6.54 Å². The molecule has 1 aromatic heterocycles. The van der Waals surface area contributed by atoms with Gasteiger partial charge in [0.15, 0.2) is 0 Å². The van der Waals surface area contributed by atoms with Gasteiger partial charge in [-0.2, -0.15) is 0 Å². The Balaban J connectivity index is 1.42. The lowest BCUT2D eigenvalue weighted by atomic mass is 9.92. The van der Waals surface area contributed by atoms with Crippen molar-refractivity contribution in [3.8, 4) is 22.5 Å². The number of benzene rings is 3. The fourth-order valence-electron chi connectivity index (χ4n) is 3.88. The molecule has 9 heteroatoms. The Morgan fingerprint density at radius 2 is 1.70 bits per heavy atom. The molecule has 2 heterocycles. The molecule has 0 aliphatic carbocycles. The van der Waals surface area contributed by atoms with Crippen LogP contribution in [-0.4, -0.2) is 21.9 Å². The number of fused-ring (bicyclic) bond motifs is 1. The number of H-pyrrole nitrogens is 1. The van der Waals surface area contributed by atoms with Crippen molar-refractivity contribution in [2.24, 2.45) is 0 Å². The maximum Gasteiger partial charge on any atom is 0.323 e. The first kappa shape index (κ1) is 20.4. The molecule has 3 amide bonds. The van der Waals surface area contributed by atoms with Gasteiger partial charge in [-0.1, -0.05) is 12.1 Å². The average Bonchev–Trinajstić information content (AvgIpc) is 3.44. The molecule has 0 spiro atoms. The van der Waals surface area contributed by atoms with Crippen LogP contribution in [0.1, 0.15) is 15.9 Å². The van der Waals surface area contributed by atoms with Crippen LogP contribution in [0.25, 0.3) is 22.5 Å². The van der Waals surface area contributed by atoms with E-state index in [1.807, 2.05) is 0 Å². The van der Waals surface area contributed by atoms with E-state index in [4.69, 9.17) is 0 Å². The van der Waals surface area contributed by atoms with E-state index in [9.17, 15) is 14.0 Å². The fraction of sp³-hybridized carbons (Fsp3) is 0.0417. The van der Waals surface area contributed by atoms with E-state index in [-0.39, 0.29) is 23.8 Å². The fourth-order valence-corrected chi connectivity index (χ4v) is 3.88. The standard InChI is InChI=1S/C24H17F2N5O2/c25-13-2-1-3-14(10-13)30-24(33)31-15-4-5-17(20(26)11-15)16-6-7-18(22-27-8-9-28-22)21-19(16)12-29-23(21)32/h1-11H,12H2,(H,27,28)(H,29,32)(H2,30,31,33). The van der Waals surface area contributed by atoms with Crippen molar-refractivity contribution in [2.75, 3.05) is 10.6 Å². The van der Waals surface area contributed by atoms with E-state index in [0.717, 1.165) is 0 Å². The first-order valence-electron chi connectivity index (χ1n) is 10.1. The Kier molecular flexibility index (Phi) is 5.06. The maximum absolute atomic E-state index is 15.1. The van der Waals surface area contributed by atoms with Gasteiger partial charge < -0.3 is 20.9 Å². The number of rotatable bonds is 4. The number of urea groups is 1. The molecule has 0 fully saturated rings. The van der Waals surface area contributed by atoms with E-state index >= 15 is 4.39 Å². The van der Waals surface area contributed by atoms with Crippen LogP contribution < -0.4 is 16.0 Å². The Morgan fingerprint density at radius 3 is 2.42 bits per heavy atom. The van der Waals surface area contributed by atoms with Crippen LogP contribution in [0.15, 0.2) is 67.0 Å². The molecule has 33 heavy (non-hydrogen) atoms. The van der Waals surface area contributed by atoms with Crippen LogP contribution in [0.5, 0.6) is 0 Å².